The summed E-state index contributed by atoms with van der Waals surface area (Å²) in [6.07, 6.45) is 6.94. The Hall–Kier alpha value is -0.970. The van der Waals surface area contributed by atoms with Gasteiger partial charge in [-0.2, -0.15) is 0 Å². The number of aromatic amines is 1. The molecule has 2 heterocycles. The van der Waals surface area contributed by atoms with Gasteiger partial charge >= 0.3 is 0 Å². The number of amides is 1. The summed E-state index contributed by atoms with van der Waals surface area (Å²) in [5, 5.41) is 0.161. The number of imidazole rings is 1. The van der Waals surface area contributed by atoms with Crippen molar-refractivity contribution in [3.05, 3.63) is 18.2 Å². The molecule has 1 atom stereocenters. The van der Waals surface area contributed by atoms with Crippen molar-refractivity contribution in [3.63, 3.8) is 0 Å². The molecule has 0 spiro atoms. The molecular weight excluding hydrogens is 222 g/mol. The lowest BCUT2D eigenvalue weighted by Gasteiger charge is -2.25. The summed E-state index contributed by atoms with van der Waals surface area (Å²) in [7, 11) is 1.85. The van der Waals surface area contributed by atoms with Crippen LogP contribution >= 0.6 is 11.8 Å². The molecule has 0 radical (unpaired) electrons. The van der Waals surface area contributed by atoms with E-state index in [1.165, 1.54) is 12.8 Å². The van der Waals surface area contributed by atoms with Crippen LogP contribution in [0.3, 0.4) is 0 Å². The number of aromatic nitrogens is 2. The molecule has 88 valence electrons. The molecule has 16 heavy (non-hydrogen) atoms. The van der Waals surface area contributed by atoms with E-state index in [1.807, 2.05) is 7.05 Å². The van der Waals surface area contributed by atoms with Gasteiger partial charge < -0.3 is 9.88 Å². The van der Waals surface area contributed by atoms with E-state index in [2.05, 4.69) is 9.97 Å². The maximum atomic E-state index is 12.1. The predicted octanol–water partition coefficient (Wildman–Crippen LogP) is 1.65. The average Bonchev–Trinajstić information content (AvgIpc) is 2.82. The van der Waals surface area contributed by atoms with Gasteiger partial charge in [-0.05, 0) is 18.6 Å². The quantitative estimate of drug-likeness (QED) is 0.872. The second kappa shape index (κ2) is 5.39. The molecule has 0 saturated carbocycles. The van der Waals surface area contributed by atoms with Gasteiger partial charge in [0.2, 0.25) is 5.91 Å². The van der Waals surface area contributed by atoms with E-state index in [9.17, 15) is 4.79 Å². The van der Waals surface area contributed by atoms with Gasteiger partial charge in [-0.1, -0.05) is 6.42 Å². The van der Waals surface area contributed by atoms with Gasteiger partial charge in [-0.15, -0.1) is 11.8 Å². The van der Waals surface area contributed by atoms with Gasteiger partial charge in [-0.25, -0.2) is 4.98 Å². The summed E-state index contributed by atoms with van der Waals surface area (Å²) in [5.41, 5.74) is 0. The number of nitrogens with one attached hydrogen (secondary N) is 1. The summed E-state index contributed by atoms with van der Waals surface area (Å²) >= 11 is 1.79. The normalized spacial score (nSPS) is 20.7. The van der Waals surface area contributed by atoms with E-state index in [1.54, 1.807) is 29.1 Å². The summed E-state index contributed by atoms with van der Waals surface area (Å²) in [4.78, 5) is 21.0. The summed E-state index contributed by atoms with van der Waals surface area (Å²) in [5.74, 6) is 2.20. The third-order valence-electron chi connectivity index (χ3n) is 2.77. The monoisotopic (exact) mass is 239 g/mol. The van der Waals surface area contributed by atoms with E-state index < -0.39 is 0 Å². The number of carbonyl (C=O) groups excluding carboxylic acids is 1. The Morgan fingerprint density at radius 1 is 1.69 bits per heavy atom. The zero-order valence-corrected chi connectivity index (χ0v) is 10.3. The Balaban J connectivity index is 1.88. The van der Waals surface area contributed by atoms with E-state index in [0.717, 1.165) is 18.0 Å². The minimum atomic E-state index is 0.161. The Morgan fingerprint density at radius 3 is 3.19 bits per heavy atom. The second-order valence-corrected chi connectivity index (χ2v) is 5.40. The molecule has 1 N–H and O–H groups in total. The third-order valence-corrected chi connectivity index (χ3v) is 4.14. The van der Waals surface area contributed by atoms with Crippen LogP contribution in [0.4, 0.5) is 0 Å². The molecule has 1 saturated heterocycles. The Labute approximate surface area is 99.8 Å². The average molecular weight is 239 g/mol. The van der Waals surface area contributed by atoms with Crippen molar-refractivity contribution in [1.29, 1.82) is 0 Å². The predicted molar refractivity (Wildman–Crippen MR) is 65.2 cm³/mol. The van der Waals surface area contributed by atoms with Gasteiger partial charge in [0.15, 0.2) is 0 Å². The van der Waals surface area contributed by atoms with Crippen LogP contribution in [0.25, 0.3) is 0 Å². The molecule has 1 unspecified atom stereocenters. The summed E-state index contributed by atoms with van der Waals surface area (Å²) in [6, 6.07) is 0. The number of H-pyrrole nitrogens is 1. The van der Waals surface area contributed by atoms with Crippen molar-refractivity contribution in [1.82, 2.24) is 14.9 Å². The molecule has 1 aromatic rings. The first-order chi connectivity index (χ1) is 7.77. The largest absolute Gasteiger partial charge is 0.347 e. The highest BCUT2D eigenvalue weighted by atomic mass is 32.2. The zero-order chi connectivity index (χ0) is 11.4. The number of hydrogen-bond donors (Lipinski definition) is 1. The number of carbonyl (C=O) groups is 1. The van der Waals surface area contributed by atoms with Crippen LogP contribution in [-0.2, 0) is 11.3 Å². The fourth-order valence-corrected chi connectivity index (χ4v) is 3.18. The van der Waals surface area contributed by atoms with Crippen LogP contribution in [0.1, 0.15) is 25.1 Å². The van der Waals surface area contributed by atoms with Gasteiger partial charge in [-0.3, -0.25) is 4.79 Å². The first kappa shape index (κ1) is 11.5. The molecule has 0 bridgehead atoms. The van der Waals surface area contributed by atoms with Gasteiger partial charge in [0, 0.05) is 19.4 Å². The highest BCUT2D eigenvalue weighted by Gasteiger charge is 2.24. The number of nitrogens with zero attached hydrogens (tertiary/aromatic N) is 2. The molecule has 2 rings (SSSR count). The number of thioether (sulfide) groups is 1. The lowest BCUT2D eigenvalue weighted by Crippen LogP contribution is -2.35. The smallest absolute Gasteiger partial charge is 0.235 e. The van der Waals surface area contributed by atoms with E-state index in [-0.39, 0.29) is 11.2 Å². The van der Waals surface area contributed by atoms with Crippen LogP contribution < -0.4 is 0 Å². The number of rotatable bonds is 3. The Kier molecular flexibility index (Phi) is 3.88. The highest BCUT2D eigenvalue weighted by molar-refractivity contribution is 8.00. The topological polar surface area (TPSA) is 49.0 Å². The minimum absolute atomic E-state index is 0.161. The molecule has 0 aromatic carbocycles. The lowest BCUT2D eigenvalue weighted by atomic mass is 10.1. The molecule has 1 aliphatic heterocycles. The zero-order valence-electron chi connectivity index (χ0n) is 9.48. The van der Waals surface area contributed by atoms with Crippen LogP contribution in [0.2, 0.25) is 0 Å². The standard InChI is InChI=1S/C11H17N3OS/c1-14(8-10-12-5-6-13-10)11(15)9-4-2-3-7-16-9/h5-6,9H,2-4,7-8H2,1H3,(H,12,13). The van der Waals surface area contributed by atoms with Crippen LogP contribution in [-0.4, -0.2) is 38.8 Å². The van der Waals surface area contributed by atoms with Crippen molar-refractivity contribution >= 4 is 17.7 Å². The Morgan fingerprint density at radius 2 is 2.56 bits per heavy atom. The molecule has 1 amide bonds. The molecule has 1 aromatic heterocycles. The first-order valence-electron chi connectivity index (χ1n) is 5.62. The minimum Gasteiger partial charge on any atom is -0.347 e. The molecule has 1 aliphatic rings. The van der Waals surface area contributed by atoms with Crippen molar-refractivity contribution < 1.29 is 4.79 Å². The maximum absolute atomic E-state index is 12.1. The SMILES string of the molecule is CN(Cc1ncc[nH]1)C(=O)C1CCCCS1. The molecule has 4 nitrogen and oxygen atoms in total. The molecular formula is C11H17N3OS. The summed E-state index contributed by atoms with van der Waals surface area (Å²) in [6.45, 7) is 0.572. The third kappa shape index (κ3) is 2.78. The maximum Gasteiger partial charge on any atom is 0.235 e. The van der Waals surface area contributed by atoms with Crippen molar-refractivity contribution in [2.24, 2.45) is 0 Å². The first-order valence-corrected chi connectivity index (χ1v) is 6.67. The van der Waals surface area contributed by atoms with Crippen molar-refractivity contribution in [3.8, 4) is 0 Å². The van der Waals surface area contributed by atoms with E-state index in [0.29, 0.717) is 6.54 Å². The van der Waals surface area contributed by atoms with Crippen molar-refractivity contribution in [2.45, 2.75) is 31.1 Å². The van der Waals surface area contributed by atoms with Gasteiger partial charge in [0.25, 0.3) is 0 Å². The molecule has 0 aliphatic carbocycles. The van der Waals surface area contributed by atoms with Crippen LogP contribution in [0.5, 0.6) is 0 Å². The van der Waals surface area contributed by atoms with E-state index in [4.69, 9.17) is 0 Å². The second-order valence-electron chi connectivity index (χ2n) is 4.09. The molecule has 5 heteroatoms. The van der Waals surface area contributed by atoms with Gasteiger partial charge in [0.1, 0.15) is 5.82 Å². The Bertz CT molecular complexity index is 333. The van der Waals surface area contributed by atoms with Crippen LogP contribution in [0, 0.1) is 0 Å². The summed E-state index contributed by atoms with van der Waals surface area (Å²) < 4.78 is 0. The number of hydrogen-bond acceptors (Lipinski definition) is 3. The lowest BCUT2D eigenvalue weighted by molar-refractivity contribution is -0.130. The van der Waals surface area contributed by atoms with Crippen LogP contribution in [0.15, 0.2) is 12.4 Å². The highest BCUT2D eigenvalue weighted by Crippen LogP contribution is 2.26. The fraction of sp³-hybridized carbons (Fsp3) is 0.636. The fourth-order valence-electron chi connectivity index (χ4n) is 1.87. The van der Waals surface area contributed by atoms with Crippen molar-refractivity contribution in [2.75, 3.05) is 12.8 Å². The van der Waals surface area contributed by atoms with E-state index >= 15 is 0 Å². The van der Waals surface area contributed by atoms with Gasteiger partial charge in [0.05, 0.1) is 11.8 Å². The molecule has 1 fully saturated rings.